The fraction of sp³-hybridized carbons (Fsp3) is 0.632. The van der Waals surface area contributed by atoms with Crippen molar-refractivity contribution >= 4 is 5.91 Å². The summed E-state index contributed by atoms with van der Waals surface area (Å²) >= 11 is 0. The first-order valence-electron chi connectivity index (χ1n) is 8.78. The Morgan fingerprint density at radius 3 is 2.92 bits per heavy atom. The Bertz CT molecular complexity index is 592. The van der Waals surface area contributed by atoms with Crippen LogP contribution >= 0.6 is 0 Å². The zero-order valence-electron chi connectivity index (χ0n) is 14.6. The van der Waals surface area contributed by atoms with E-state index in [1.54, 1.807) is 12.1 Å². The lowest BCUT2D eigenvalue weighted by Crippen LogP contribution is -2.41. The summed E-state index contributed by atoms with van der Waals surface area (Å²) in [6, 6.07) is 6.75. The van der Waals surface area contributed by atoms with Crippen molar-refractivity contribution in [3.63, 3.8) is 0 Å². The number of nitrogens with zero attached hydrogens (tertiary/aromatic N) is 2. The predicted molar refractivity (Wildman–Crippen MR) is 91.0 cm³/mol. The van der Waals surface area contributed by atoms with E-state index in [2.05, 4.69) is 18.7 Å². The summed E-state index contributed by atoms with van der Waals surface area (Å²) in [5.74, 6) is 0.506. The fourth-order valence-corrected chi connectivity index (χ4v) is 3.90. The average molecular weight is 334 g/mol. The van der Waals surface area contributed by atoms with Gasteiger partial charge in [-0.15, -0.1) is 0 Å². The predicted octanol–water partition coefficient (Wildman–Crippen LogP) is 2.53. The first-order chi connectivity index (χ1) is 11.5. The molecule has 0 aromatic heterocycles. The Morgan fingerprint density at radius 1 is 1.33 bits per heavy atom. The summed E-state index contributed by atoms with van der Waals surface area (Å²) < 4.78 is 19.3. The molecule has 3 rings (SSSR count). The lowest BCUT2D eigenvalue weighted by atomic mass is 9.87. The van der Waals surface area contributed by atoms with E-state index in [9.17, 15) is 9.18 Å². The van der Waals surface area contributed by atoms with Crippen LogP contribution in [0.15, 0.2) is 24.3 Å². The number of amides is 1. The van der Waals surface area contributed by atoms with Crippen molar-refractivity contribution in [3.8, 4) is 0 Å². The number of halogens is 1. The van der Waals surface area contributed by atoms with E-state index in [-0.39, 0.29) is 17.1 Å². The molecule has 0 saturated carbocycles. The normalized spacial score (nSPS) is 25.7. The number of ether oxygens (including phenoxy) is 1. The molecule has 5 heteroatoms. The van der Waals surface area contributed by atoms with Gasteiger partial charge in [0.05, 0.1) is 13.2 Å². The minimum atomic E-state index is -0.201. The molecule has 2 aliphatic heterocycles. The highest BCUT2D eigenvalue weighted by atomic mass is 19.1. The maximum atomic E-state index is 13.4. The second kappa shape index (κ2) is 7.19. The monoisotopic (exact) mass is 334 g/mol. The van der Waals surface area contributed by atoms with Gasteiger partial charge in [0.1, 0.15) is 5.82 Å². The molecule has 2 aliphatic rings. The highest BCUT2D eigenvalue weighted by Gasteiger charge is 2.45. The lowest BCUT2D eigenvalue weighted by molar-refractivity contribution is -0.128. The maximum Gasteiger partial charge on any atom is 0.223 e. The summed E-state index contributed by atoms with van der Waals surface area (Å²) in [6.07, 6.45) is 0.555. The third kappa shape index (κ3) is 4.14. The van der Waals surface area contributed by atoms with Crippen LogP contribution < -0.4 is 0 Å². The van der Waals surface area contributed by atoms with Gasteiger partial charge in [0.25, 0.3) is 0 Å². The van der Waals surface area contributed by atoms with Gasteiger partial charge in [0, 0.05) is 44.6 Å². The van der Waals surface area contributed by atoms with Crippen LogP contribution in [0.5, 0.6) is 0 Å². The Labute approximate surface area is 143 Å². The number of rotatable bonds is 4. The second-order valence-corrected chi connectivity index (χ2v) is 7.74. The number of carbonyl (C=O) groups is 1. The van der Waals surface area contributed by atoms with Crippen molar-refractivity contribution in [3.05, 3.63) is 35.6 Å². The Hall–Kier alpha value is -1.46. The van der Waals surface area contributed by atoms with Crippen LogP contribution in [0.2, 0.25) is 0 Å². The number of carbonyl (C=O) groups excluding carboxylic acids is 1. The van der Waals surface area contributed by atoms with E-state index >= 15 is 0 Å². The Balaban J connectivity index is 1.70. The summed E-state index contributed by atoms with van der Waals surface area (Å²) in [4.78, 5) is 16.7. The standard InChI is InChI=1S/C19H27FN2O2/c1-15(2)10-22-13-19(9-18(22)23)12-21(6-7-24-14-19)11-16-4-3-5-17(20)8-16/h3-5,8,15H,6-7,9-14H2,1-2H3/t19-/m1/s1. The molecule has 1 atom stereocenters. The third-order valence-corrected chi connectivity index (χ3v) is 4.81. The van der Waals surface area contributed by atoms with Crippen molar-refractivity contribution in [2.24, 2.45) is 11.3 Å². The Morgan fingerprint density at radius 2 is 2.17 bits per heavy atom. The smallest absolute Gasteiger partial charge is 0.223 e. The highest BCUT2D eigenvalue weighted by molar-refractivity contribution is 5.79. The van der Waals surface area contributed by atoms with Crippen molar-refractivity contribution in [2.75, 3.05) is 39.4 Å². The largest absolute Gasteiger partial charge is 0.379 e. The molecule has 132 valence electrons. The van der Waals surface area contributed by atoms with E-state index in [0.717, 1.165) is 31.7 Å². The van der Waals surface area contributed by atoms with Gasteiger partial charge in [-0.2, -0.15) is 0 Å². The van der Waals surface area contributed by atoms with Crippen LogP contribution in [0.25, 0.3) is 0 Å². The van der Waals surface area contributed by atoms with Crippen molar-refractivity contribution in [2.45, 2.75) is 26.8 Å². The summed E-state index contributed by atoms with van der Waals surface area (Å²) in [7, 11) is 0. The fourth-order valence-electron chi connectivity index (χ4n) is 3.90. The molecule has 4 nitrogen and oxygen atoms in total. The molecule has 2 fully saturated rings. The van der Waals surface area contributed by atoms with Gasteiger partial charge in [0.2, 0.25) is 5.91 Å². The number of hydrogen-bond acceptors (Lipinski definition) is 3. The molecule has 1 spiro atoms. The summed E-state index contributed by atoms with van der Waals surface area (Å²) in [5.41, 5.74) is 0.839. The van der Waals surface area contributed by atoms with Crippen molar-refractivity contribution in [1.29, 1.82) is 0 Å². The van der Waals surface area contributed by atoms with Gasteiger partial charge < -0.3 is 9.64 Å². The number of hydrogen-bond donors (Lipinski definition) is 0. The van der Waals surface area contributed by atoms with E-state index in [4.69, 9.17) is 4.74 Å². The first-order valence-corrected chi connectivity index (χ1v) is 8.78. The maximum absolute atomic E-state index is 13.4. The van der Waals surface area contributed by atoms with Gasteiger partial charge in [-0.05, 0) is 23.6 Å². The molecule has 1 amide bonds. The molecule has 0 radical (unpaired) electrons. The topological polar surface area (TPSA) is 32.8 Å². The van der Waals surface area contributed by atoms with Crippen LogP contribution in [-0.2, 0) is 16.1 Å². The van der Waals surface area contributed by atoms with Crippen LogP contribution in [0, 0.1) is 17.2 Å². The first kappa shape index (κ1) is 17.4. The Kier molecular flexibility index (Phi) is 5.21. The molecular formula is C19H27FN2O2. The third-order valence-electron chi connectivity index (χ3n) is 4.81. The SMILES string of the molecule is CC(C)CN1C[C@@]2(COCCN(Cc3cccc(F)c3)C2)CC1=O. The molecule has 2 heterocycles. The molecule has 0 aliphatic carbocycles. The van der Waals surface area contributed by atoms with Gasteiger partial charge in [-0.1, -0.05) is 26.0 Å². The molecule has 0 N–H and O–H groups in total. The van der Waals surface area contributed by atoms with Crippen molar-refractivity contribution < 1.29 is 13.9 Å². The quantitative estimate of drug-likeness (QED) is 0.848. The van der Waals surface area contributed by atoms with Gasteiger partial charge in [-0.3, -0.25) is 9.69 Å². The van der Waals surface area contributed by atoms with E-state index < -0.39 is 0 Å². The number of benzene rings is 1. The molecule has 24 heavy (non-hydrogen) atoms. The van der Waals surface area contributed by atoms with Crippen LogP contribution in [0.3, 0.4) is 0 Å². The van der Waals surface area contributed by atoms with E-state index in [0.29, 0.717) is 32.1 Å². The molecule has 2 saturated heterocycles. The van der Waals surface area contributed by atoms with E-state index in [1.165, 1.54) is 6.07 Å². The van der Waals surface area contributed by atoms with Crippen LogP contribution in [0.4, 0.5) is 4.39 Å². The summed E-state index contributed by atoms with van der Waals surface area (Å²) in [5, 5.41) is 0. The minimum Gasteiger partial charge on any atom is -0.379 e. The van der Waals surface area contributed by atoms with Gasteiger partial charge in [0.15, 0.2) is 0 Å². The zero-order chi connectivity index (χ0) is 17.2. The molecule has 0 unspecified atom stereocenters. The minimum absolute atomic E-state index is 0.129. The van der Waals surface area contributed by atoms with Crippen LogP contribution in [-0.4, -0.2) is 55.1 Å². The number of likely N-dealkylation sites (tertiary alicyclic amines) is 1. The van der Waals surface area contributed by atoms with Gasteiger partial charge in [-0.25, -0.2) is 4.39 Å². The van der Waals surface area contributed by atoms with Crippen molar-refractivity contribution in [1.82, 2.24) is 9.80 Å². The van der Waals surface area contributed by atoms with E-state index in [1.807, 2.05) is 11.0 Å². The highest BCUT2D eigenvalue weighted by Crippen LogP contribution is 2.35. The molecule has 0 bridgehead atoms. The summed E-state index contributed by atoms with van der Waals surface area (Å²) in [6.45, 7) is 9.48. The second-order valence-electron chi connectivity index (χ2n) is 7.74. The average Bonchev–Trinajstić information content (AvgIpc) is 2.66. The van der Waals surface area contributed by atoms with Gasteiger partial charge >= 0.3 is 0 Å². The lowest BCUT2D eigenvalue weighted by Gasteiger charge is -2.31. The molecule has 1 aromatic rings. The molecule has 1 aromatic carbocycles. The van der Waals surface area contributed by atoms with Crippen LogP contribution in [0.1, 0.15) is 25.8 Å². The zero-order valence-corrected chi connectivity index (χ0v) is 14.6. The molecular weight excluding hydrogens is 307 g/mol.